The average Bonchev–Trinajstić information content (AvgIpc) is 2.81. The van der Waals surface area contributed by atoms with Gasteiger partial charge in [0.15, 0.2) is 5.78 Å². The van der Waals surface area contributed by atoms with Crippen LogP contribution < -0.4 is 0 Å². The Morgan fingerprint density at radius 2 is 2.24 bits per heavy atom. The largest absolute Gasteiger partial charge is 0.306 e. The minimum absolute atomic E-state index is 0.110. The van der Waals surface area contributed by atoms with Gasteiger partial charge in [-0.25, -0.2) is 4.98 Å². The molecule has 0 saturated heterocycles. The van der Waals surface area contributed by atoms with Crippen molar-refractivity contribution in [2.75, 3.05) is 0 Å². The van der Waals surface area contributed by atoms with Gasteiger partial charge < -0.3 is 4.57 Å². The Labute approximate surface area is 96.7 Å². The highest BCUT2D eigenvalue weighted by Gasteiger charge is 2.18. The molecule has 0 radical (unpaired) electrons. The van der Waals surface area contributed by atoms with E-state index in [4.69, 9.17) is 0 Å². The Balaban J connectivity index is 2.57. The van der Waals surface area contributed by atoms with Gasteiger partial charge in [-0.05, 0) is 19.1 Å². The van der Waals surface area contributed by atoms with Crippen molar-refractivity contribution in [3.63, 3.8) is 0 Å². The summed E-state index contributed by atoms with van der Waals surface area (Å²) < 4.78 is 1.64. The minimum Gasteiger partial charge on any atom is -0.306 e. The van der Waals surface area contributed by atoms with Crippen LogP contribution >= 0.6 is 0 Å². The van der Waals surface area contributed by atoms with Crippen LogP contribution in [0.3, 0.4) is 0 Å². The molecule has 86 valence electrons. The van der Waals surface area contributed by atoms with Crippen LogP contribution in [0, 0.1) is 10.1 Å². The van der Waals surface area contributed by atoms with Gasteiger partial charge in [-0.2, -0.15) is 0 Å². The summed E-state index contributed by atoms with van der Waals surface area (Å²) in [4.78, 5) is 25.4. The van der Waals surface area contributed by atoms with E-state index in [2.05, 4.69) is 4.98 Å². The van der Waals surface area contributed by atoms with Crippen LogP contribution in [0.4, 0.5) is 5.69 Å². The summed E-state index contributed by atoms with van der Waals surface area (Å²) in [6.07, 6.45) is 4.78. The van der Waals surface area contributed by atoms with Gasteiger partial charge in [-0.15, -0.1) is 0 Å². The van der Waals surface area contributed by atoms with Crippen molar-refractivity contribution in [3.8, 4) is 5.69 Å². The SMILES string of the molecule is CC(=O)c1ccc(-n2ccnc2)cc1[N+](=O)[O-]. The molecule has 0 bridgehead atoms. The first kappa shape index (κ1) is 11.0. The molecule has 0 amide bonds. The van der Waals surface area contributed by atoms with Crippen LogP contribution in [-0.2, 0) is 0 Å². The molecule has 6 nitrogen and oxygen atoms in total. The molecule has 1 heterocycles. The minimum atomic E-state index is -0.558. The van der Waals surface area contributed by atoms with Crippen molar-refractivity contribution < 1.29 is 9.72 Å². The molecule has 0 N–H and O–H groups in total. The van der Waals surface area contributed by atoms with Crippen LogP contribution in [-0.4, -0.2) is 20.3 Å². The highest BCUT2D eigenvalue weighted by atomic mass is 16.6. The molecule has 0 saturated carbocycles. The van der Waals surface area contributed by atoms with Crippen molar-refractivity contribution in [2.24, 2.45) is 0 Å². The predicted octanol–water partition coefficient (Wildman–Crippen LogP) is 1.98. The summed E-state index contributed by atoms with van der Waals surface area (Å²) in [6.45, 7) is 1.30. The second-order valence-corrected chi connectivity index (χ2v) is 3.48. The zero-order valence-corrected chi connectivity index (χ0v) is 9.03. The fraction of sp³-hybridized carbons (Fsp3) is 0.0909. The van der Waals surface area contributed by atoms with Crippen LogP contribution in [0.25, 0.3) is 5.69 Å². The lowest BCUT2D eigenvalue weighted by molar-refractivity contribution is -0.385. The van der Waals surface area contributed by atoms with Crippen molar-refractivity contribution in [2.45, 2.75) is 6.92 Å². The van der Waals surface area contributed by atoms with E-state index >= 15 is 0 Å². The van der Waals surface area contributed by atoms with Crippen LogP contribution in [0.15, 0.2) is 36.9 Å². The zero-order chi connectivity index (χ0) is 12.4. The number of hydrogen-bond acceptors (Lipinski definition) is 4. The smallest absolute Gasteiger partial charge is 0.282 e. The normalized spacial score (nSPS) is 10.2. The predicted molar refractivity (Wildman–Crippen MR) is 60.2 cm³/mol. The number of nitrogens with zero attached hydrogens (tertiary/aromatic N) is 3. The van der Waals surface area contributed by atoms with E-state index in [-0.39, 0.29) is 17.0 Å². The molecule has 0 aliphatic rings. The van der Waals surface area contributed by atoms with E-state index in [1.54, 1.807) is 23.0 Å². The first-order valence-corrected chi connectivity index (χ1v) is 4.87. The molecular weight excluding hydrogens is 222 g/mol. The van der Waals surface area contributed by atoms with Crippen molar-refractivity contribution >= 4 is 11.5 Å². The summed E-state index contributed by atoms with van der Waals surface area (Å²) in [5.41, 5.74) is 0.516. The third-order valence-corrected chi connectivity index (χ3v) is 2.36. The van der Waals surface area contributed by atoms with Crippen molar-refractivity contribution in [1.29, 1.82) is 0 Å². The van der Waals surface area contributed by atoms with E-state index < -0.39 is 4.92 Å². The monoisotopic (exact) mass is 231 g/mol. The summed E-state index contributed by atoms with van der Waals surface area (Å²) in [5, 5.41) is 10.9. The van der Waals surface area contributed by atoms with Gasteiger partial charge in [0.1, 0.15) is 0 Å². The molecule has 1 aromatic carbocycles. The molecule has 0 atom stereocenters. The topological polar surface area (TPSA) is 78.0 Å². The highest BCUT2D eigenvalue weighted by molar-refractivity contribution is 5.98. The third kappa shape index (κ3) is 2.05. The number of ketones is 1. The lowest BCUT2D eigenvalue weighted by atomic mass is 10.1. The maximum Gasteiger partial charge on any atom is 0.282 e. The second-order valence-electron chi connectivity index (χ2n) is 3.48. The summed E-state index contributed by atoms with van der Waals surface area (Å²) in [5.74, 6) is -0.325. The quantitative estimate of drug-likeness (QED) is 0.459. The van der Waals surface area contributed by atoms with Gasteiger partial charge in [0, 0.05) is 18.5 Å². The lowest BCUT2D eigenvalue weighted by Crippen LogP contribution is -2.02. The van der Waals surface area contributed by atoms with E-state index in [9.17, 15) is 14.9 Å². The molecule has 0 spiro atoms. The number of nitro benzene ring substituents is 1. The Bertz CT molecular complexity index is 576. The van der Waals surface area contributed by atoms with Gasteiger partial charge >= 0.3 is 0 Å². The number of Topliss-reactive ketones (excluding diaryl/α,β-unsaturated/α-hetero) is 1. The highest BCUT2D eigenvalue weighted by Crippen LogP contribution is 2.22. The van der Waals surface area contributed by atoms with E-state index in [1.807, 2.05) is 0 Å². The molecule has 0 fully saturated rings. The van der Waals surface area contributed by atoms with E-state index in [0.717, 1.165) is 0 Å². The Morgan fingerprint density at radius 3 is 2.76 bits per heavy atom. The third-order valence-electron chi connectivity index (χ3n) is 2.36. The van der Waals surface area contributed by atoms with Gasteiger partial charge in [0.05, 0.1) is 22.5 Å². The number of imidazole rings is 1. The van der Waals surface area contributed by atoms with Crippen LogP contribution in [0.2, 0.25) is 0 Å². The Hall–Kier alpha value is -2.50. The molecule has 6 heteroatoms. The van der Waals surface area contributed by atoms with Gasteiger partial charge in [0.2, 0.25) is 0 Å². The van der Waals surface area contributed by atoms with E-state index in [1.165, 1.54) is 25.4 Å². The molecule has 0 aliphatic carbocycles. The number of carbonyl (C=O) groups excluding carboxylic acids is 1. The first-order valence-electron chi connectivity index (χ1n) is 4.87. The standard InChI is InChI=1S/C11H9N3O3/c1-8(15)10-3-2-9(6-11(10)14(16)17)13-5-4-12-7-13/h2-7H,1H3. The number of carbonyl (C=O) groups is 1. The van der Waals surface area contributed by atoms with Crippen molar-refractivity contribution in [3.05, 3.63) is 52.6 Å². The number of nitro groups is 1. The maximum absolute atomic E-state index is 11.2. The number of aromatic nitrogens is 2. The summed E-state index contributed by atoms with van der Waals surface area (Å²) >= 11 is 0. The first-order chi connectivity index (χ1) is 8.09. The van der Waals surface area contributed by atoms with Gasteiger partial charge in [0.25, 0.3) is 5.69 Å². The number of benzene rings is 1. The van der Waals surface area contributed by atoms with Gasteiger partial charge in [-0.3, -0.25) is 14.9 Å². The van der Waals surface area contributed by atoms with Crippen molar-refractivity contribution in [1.82, 2.24) is 9.55 Å². The van der Waals surface area contributed by atoms with Crippen LogP contribution in [0.1, 0.15) is 17.3 Å². The molecule has 0 aliphatic heterocycles. The molecule has 2 aromatic rings. The number of rotatable bonds is 3. The molecule has 0 unspecified atom stereocenters. The summed E-state index contributed by atoms with van der Waals surface area (Å²) in [6, 6.07) is 4.46. The Kier molecular flexibility index (Phi) is 2.70. The van der Waals surface area contributed by atoms with E-state index in [0.29, 0.717) is 5.69 Å². The molecule has 2 rings (SSSR count). The Morgan fingerprint density at radius 1 is 1.47 bits per heavy atom. The average molecular weight is 231 g/mol. The maximum atomic E-state index is 11.2. The second kappa shape index (κ2) is 4.17. The van der Waals surface area contributed by atoms with Crippen LogP contribution in [0.5, 0.6) is 0 Å². The fourth-order valence-electron chi connectivity index (χ4n) is 1.54. The lowest BCUT2D eigenvalue weighted by Gasteiger charge is -2.04. The molecular formula is C11H9N3O3. The van der Waals surface area contributed by atoms with Gasteiger partial charge in [-0.1, -0.05) is 0 Å². The zero-order valence-electron chi connectivity index (χ0n) is 9.03. The molecule has 1 aromatic heterocycles. The fourth-order valence-corrected chi connectivity index (χ4v) is 1.54. The molecule has 17 heavy (non-hydrogen) atoms. The number of hydrogen-bond donors (Lipinski definition) is 0. The summed E-state index contributed by atoms with van der Waals surface area (Å²) in [7, 11) is 0.